The molecule has 0 fully saturated rings. The van der Waals surface area contributed by atoms with Crippen molar-refractivity contribution < 1.29 is 17.2 Å². The smallest absolute Gasteiger partial charge is 0.243 e. The van der Waals surface area contributed by atoms with Crippen molar-refractivity contribution in [1.29, 1.82) is 0 Å². The van der Waals surface area contributed by atoms with E-state index in [-0.39, 0.29) is 13.1 Å². The number of nitrogens with one attached hydrogen (secondary N) is 1. The zero-order chi connectivity index (χ0) is 15.6. The van der Waals surface area contributed by atoms with Crippen LogP contribution in [0, 0.1) is 18.6 Å². The lowest BCUT2D eigenvalue weighted by molar-refractivity contribution is 0.537. The number of nitrogens with zero attached hydrogens (tertiary/aromatic N) is 2. The normalized spacial score (nSPS) is 11.8. The van der Waals surface area contributed by atoms with Crippen molar-refractivity contribution >= 4 is 15.7 Å². The Kier molecular flexibility index (Phi) is 4.24. The Bertz CT molecular complexity index is 759. The Morgan fingerprint density at radius 1 is 1.33 bits per heavy atom. The van der Waals surface area contributed by atoms with Crippen LogP contribution in [0.2, 0.25) is 0 Å². The van der Waals surface area contributed by atoms with Gasteiger partial charge in [0.25, 0.3) is 0 Å². The molecule has 0 unspecified atom stereocenters. The Morgan fingerprint density at radius 3 is 2.67 bits per heavy atom. The van der Waals surface area contributed by atoms with E-state index in [9.17, 15) is 17.2 Å². The second-order valence-corrected chi connectivity index (χ2v) is 6.22. The van der Waals surface area contributed by atoms with E-state index in [2.05, 4.69) is 9.82 Å². The molecule has 6 nitrogen and oxygen atoms in total. The van der Waals surface area contributed by atoms with Gasteiger partial charge in [0.1, 0.15) is 16.5 Å². The summed E-state index contributed by atoms with van der Waals surface area (Å²) in [5.41, 5.74) is 5.77. The van der Waals surface area contributed by atoms with Crippen molar-refractivity contribution in [3.05, 3.63) is 41.7 Å². The van der Waals surface area contributed by atoms with Crippen LogP contribution in [0.15, 0.2) is 29.4 Å². The Labute approximate surface area is 120 Å². The third kappa shape index (κ3) is 3.56. The van der Waals surface area contributed by atoms with E-state index in [0.29, 0.717) is 6.07 Å². The lowest BCUT2D eigenvalue weighted by atomic mass is 10.3. The second-order valence-electron chi connectivity index (χ2n) is 4.48. The Hall–Kier alpha value is -2.00. The van der Waals surface area contributed by atoms with Gasteiger partial charge in [0, 0.05) is 18.8 Å². The largest absolute Gasteiger partial charge is 0.396 e. The standard InChI is InChI=1S/C12H14F2N4O2S/c1-8-6-16-18(7-8)3-2-17-21(19,20)12-5-11(15)9(13)4-10(12)14/h4-7,17H,2-3,15H2,1H3. The maximum Gasteiger partial charge on any atom is 0.243 e. The third-order valence-corrected chi connectivity index (χ3v) is 4.21. The summed E-state index contributed by atoms with van der Waals surface area (Å²) in [6, 6.07) is 1.20. The topological polar surface area (TPSA) is 90.0 Å². The fourth-order valence-corrected chi connectivity index (χ4v) is 2.83. The van der Waals surface area contributed by atoms with Crippen LogP contribution in [0.25, 0.3) is 0 Å². The maximum absolute atomic E-state index is 13.5. The molecular weight excluding hydrogens is 302 g/mol. The molecule has 2 aromatic rings. The fourth-order valence-electron chi connectivity index (χ4n) is 1.71. The van der Waals surface area contributed by atoms with Gasteiger partial charge in [-0.3, -0.25) is 4.68 Å². The number of sulfonamides is 1. The van der Waals surface area contributed by atoms with Crippen LogP contribution >= 0.6 is 0 Å². The highest BCUT2D eigenvalue weighted by atomic mass is 32.2. The first kappa shape index (κ1) is 15.4. The van der Waals surface area contributed by atoms with E-state index < -0.39 is 32.2 Å². The molecule has 1 heterocycles. The summed E-state index contributed by atoms with van der Waals surface area (Å²) in [7, 11) is -4.11. The van der Waals surface area contributed by atoms with Gasteiger partial charge < -0.3 is 5.73 Å². The summed E-state index contributed by atoms with van der Waals surface area (Å²) in [5, 5.41) is 3.99. The summed E-state index contributed by atoms with van der Waals surface area (Å²) in [6.45, 7) is 2.15. The zero-order valence-electron chi connectivity index (χ0n) is 11.2. The minimum Gasteiger partial charge on any atom is -0.396 e. The first-order valence-electron chi connectivity index (χ1n) is 6.03. The molecule has 0 amide bonds. The van der Waals surface area contributed by atoms with E-state index in [4.69, 9.17) is 5.73 Å². The molecule has 0 radical (unpaired) electrons. The van der Waals surface area contributed by atoms with Crippen LogP contribution < -0.4 is 10.5 Å². The Balaban J connectivity index is 2.10. The van der Waals surface area contributed by atoms with Crippen molar-refractivity contribution in [3.63, 3.8) is 0 Å². The van der Waals surface area contributed by atoms with Gasteiger partial charge >= 0.3 is 0 Å². The zero-order valence-corrected chi connectivity index (χ0v) is 12.0. The summed E-state index contributed by atoms with van der Waals surface area (Å²) in [6.07, 6.45) is 3.37. The summed E-state index contributed by atoms with van der Waals surface area (Å²) in [5.74, 6) is -2.19. The quantitative estimate of drug-likeness (QED) is 0.806. The summed E-state index contributed by atoms with van der Waals surface area (Å²) in [4.78, 5) is -0.682. The molecule has 0 spiro atoms. The van der Waals surface area contributed by atoms with Crippen LogP contribution in [0.3, 0.4) is 0 Å². The highest BCUT2D eigenvalue weighted by Gasteiger charge is 2.20. The van der Waals surface area contributed by atoms with E-state index in [1.165, 1.54) is 0 Å². The molecule has 3 N–H and O–H groups in total. The molecule has 1 aromatic carbocycles. The SMILES string of the molecule is Cc1cnn(CCNS(=O)(=O)c2cc(N)c(F)cc2F)c1. The van der Waals surface area contributed by atoms with Crippen molar-refractivity contribution in [2.75, 3.05) is 12.3 Å². The number of rotatable bonds is 5. The van der Waals surface area contributed by atoms with Crippen molar-refractivity contribution in [2.24, 2.45) is 0 Å². The minimum absolute atomic E-state index is 0.0141. The van der Waals surface area contributed by atoms with Gasteiger partial charge in [-0.15, -0.1) is 0 Å². The molecule has 0 atom stereocenters. The van der Waals surface area contributed by atoms with Crippen LogP contribution in [0.4, 0.5) is 14.5 Å². The number of aryl methyl sites for hydroxylation is 1. The monoisotopic (exact) mass is 316 g/mol. The molecular formula is C12H14F2N4O2S. The molecule has 114 valence electrons. The van der Waals surface area contributed by atoms with E-state index in [0.717, 1.165) is 11.6 Å². The molecule has 1 aromatic heterocycles. The molecule has 0 saturated carbocycles. The van der Waals surface area contributed by atoms with Gasteiger partial charge in [-0.25, -0.2) is 21.9 Å². The summed E-state index contributed by atoms with van der Waals surface area (Å²) >= 11 is 0. The van der Waals surface area contributed by atoms with Gasteiger partial charge in [0.15, 0.2) is 0 Å². The van der Waals surface area contributed by atoms with Crippen LogP contribution in [-0.2, 0) is 16.6 Å². The minimum atomic E-state index is -4.11. The lowest BCUT2D eigenvalue weighted by Gasteiger charge is -2.09. The highest BCUT2D eigenvalue weighted by molar-refractivity contribution is 7.89. The predicted molar refractivity (Wildman–Crippen MR) is 72.9 cm³/mol. The number of hydrogen-bond donors (Lipinski definition) is 2. The molecule has 21 heavy (non-hydrogen) atoms. The third-order valence-electron chi connectivity index (χ3n) is 2.74. The number of aromatic nitrogens is 2. The van der Waals surface area contributed by atoms with Crippen molar-refractivity contribution in [3.8, 4) is 0 Å². The first-order chi connectivity index (χ1) is 9.79. The number of hydrogen-bond acceptors (Lipinski definition) is 4. The van der Waals surface area contributed by atoms with E-state index in [1.807, 2.05) is 6.92 Å². The van der Waals surface area contributed by atoms with Gasteiger partial charge in [0.05, 0.1) is 18.4 Å². The number of halogens is 2. The molecule has 0 aliphatic rings. The highest BCUT2D eigenvalue weighted by Crippen LogP contribution is 2.20. The van der Waals surface area contributed by atoms with Gasteiger partial charge in [0.2, 0.25) is 10.0 Å². The van der Waals surface area contributed by atoms with Gasteiger partial charge in [-0.2, -0.15) is 5.10 Å². The summed E-state index contributed by atoms with van der Waals surface area (Å²) < 4.78 is 54.2. The van der Waals surface area contributed by atoms with Crippen LogP contribution in [-0.4, -0.2) is 24.7 Å². The van der Waals surface area contributed by atoms with Crippen LogP contribution in [0.1, 0.15) is 5.56 Å². The molecule has 2 rings (SSSR count). The molecule has 0 bridgehead atoms. The van der Waals surface area contributed by atoms with Crippen molar-refractivity contribution in [1.82, 2.24) is 14.5 Å². The van der Waals surface area contributed by atoms with E-state index in [1.54, 1.807) is 17.1 Å². The number of benzene rings is 1. The fraction of sp³-hybridized carbons (Fsp3) is 0.250. The predicted octanol–water partition coefficient (Wildman–Crippen LogP) is 1.03. The number of anilines is 1. The van der Waals surface area contributed by atoms with E-state index >= 15 is 0 Å². The average molecular weight is 316 g/mol. The maximum atomic E-state index is 13.5. The van der Waals surface area contributed by atoms with Gasteiger partial charge in [-0.05, 0) is 18.6 Å². The van der Waals surface area contributed by atoms with Crippen LogP contribution in [0.5, 0.6) is 0 Å². The molecule has 0 aliphatic carbocycles. The first-order valence-corrected chi connectivity index (χ1v) is 7.51. The second kappa shape index (κ2) is 5.78. The van der Waals surface area contributed by atoms with Crippen molar-refractivity contribution in [2.45, 2.75) is 18.4 Å². The number of nitrogen functional groups attached to an aromatic ring is 1. The Morgan fingerprint density at radius 2 is 2.05 bits per heavy atom. The molecule has 9 heteroatoms. The van der Waals surface area contributed by atoms with Gasteiger partial charge in [-0.1, -0.05) is 0 Å². The number of nitrogens with two attached hydrogens (primary N) is 1. The lowest BCUT2D eigenvalue weighted by Crippen LogP contribution is -2.28. The average Bonchev–Trinajstić information content (AvgIpc) is 2.79. The molecule has 0 saturated heterocycles. The molecule has 0 aliphatic heterocycles.